The summed E-state index contributed by atoms with van der Waals surface area (Å²) in [5.74, 6) is 1.55. The highest BCUT2D eigenvalue weighted by molar-refractivity contribution is 5.78. The van der Waals surface area contributed by atoms with E-state index in [2.05, 4.69) is 22.0 Å². The van der Waals surface area contributed by atoms with Gasteiger partial charge in [-0.25, -0.2) is 9.97 Å². The smallest absolute Gasteiger partial charge is 0.227 e. The lowest BCUT2D eigenvalue weighted by Gasteiger charge is -2.31. The number of hydrogen-bond acceptors (Lipinski definition) is 5. The molecule has 0 N–H and O–H groups in total. The van der Waals surface area contributed by atoms with Gasteiger partial charge in [-0.15, -0.1) is 0 Å². The molecule has 2 aliphatic rings. The molecule has 0 spiro atoms. The molecule has 150 valence electrons. The number of fused-ring (bicyclic) bond motifs is 1. The fourth-order valence-corrected chi connectivity index (χ4v) is 4.22. The number of carbonyl (C=O) groups is 1. The predicted octanol–water partition coefficient (Wildman–Crippen LogP) is 2.01. The van der Waals surface area contributed by atoms with Crippen molar-refractivity contribution in [3.05, 3.63) is 41.2 Å². The largest absolute Gasteiger partial charge is 0.338 e. The third-order valence-electron chi connectivity index (χ3n) is 6.00. The summed E-state index contributed by atoms with van der Waals surface area (Å²) >= 11 is 0. The zero-order chi connectivity index (χ0) is 19.7. The van der Waals surface area contributed by atoms with E-state index in [4.69, 9.17) is 4.98 Å². The van der Waals surface area contributed by atoms with Crippen molar-refractivity contribution in [3.8, 4) is 0 Å². The van der Waals surface area contributed by atoms with Crippen molar-refractivity contribution in [2.45, 2.75) is 52.1 Å². The molecule has 0 bridgehead atoms. The quantitative estimate of drug-likeness (QED) is 0.809. The molecular weight excluding hydrogens is 352 g/mol. The second-order valence-electron chi connectivity index (χ2n) is 8.37. The van der Waals surface area contributed by atoms with Gasteiger partial charge >= 0.3 is 0 Å². The molecule has 0 saturated carbocycles. The lowest BCUT2D eigenvalue weighted by atomic mass is 9.95. The second kappa shape index (κ2) is 7.99. The average molecular weight is 383 g/mol. The van der Waals surface area contributed by atoms with Gasteiger partial charge in [0, 0.05) is 43.4 Å². The first kappa shape index (κ1) is 19.1. The molecule has 1 saturated heterocycles. The summed E-state index contributed by atoms with van der Waals surface area (Å²) in [4.78, 5) is 26.8. The molecule has 28 heavy (non-hydrogen) atoms. The molecule has 0 unspecified atom stereocenters. The van der Waals surface area contributed by atoms with Crippen LogP contribution in [-0.4, -0.2) is 62.1 Å². The Bertz CT molecular complexity index is 839. The highest BCUT2D eigenvalue weighted by atomic mass is 16.2. The third-order valence-corrected chi connectivity index (χ3v) is 6.00. The van der Waals surface area contributed by atoms with Gasteiger partial charge in [0.1, 0.15) is 5.82 Å². The van der Waals surface area contributed by atoms with Crippen molar-refractivity contribution < 1.29 is 4.79 Å². The van der Waals surface area contributed by atoms with Crippen LogP contribution in [0.15, 0.2) is 18.5 Å². The number of piperidine rings is 1. The zero-order valence-electron chi connectivity index (χ0n) is 17.1. The van der Waals surface area contributed by atoms with Crippen LogP contribution in [0.2, 0.25) is 0 Å². The van der Waals surface area contributed by atoms with Crippen LogP contribution in [0, 0.1) is 12.8 Å². The van der Waals surface area contributed by atoms with Crippen LogP contribution in [0.1, 0.15) is 48.5 Å². The van der Waals surface area contributed by atoms with E-state index >= 15 is 0 Å². The summed E-state index contributed by atoms with van der Waals surface area (Å²) in [6, 6.07) is 1.97. The van der Waals surface area contributed by atoms with E-state index in [9.17, 15) is 4.79 Å². The number of aromatic nitrogens is 4. The Hall–Kier alpha value is -2.28. The molecule has 7 nitrogen and oxygen atoms in total. The average Bonchev–Trinajstić information content (AvgIpc) is 3.11. The molecule has 1 fully saturated rings. The lowest BCUT2D eigenvalue weighted by molar-refractivity contribution is -0.136. The maximum Gasteiger partial charge on any atom is 0.227 e. The number of nitrogens with zero attached hydrogens (tertiary/aromatic N) is 6. The summed E-state index contributed by atoms with van der Waals surface area (Å²) in [6.45, 7) is 8.13. The van der Waals surface area contributed by atoms with Crippen LogP contribution in [0.3, 0.4) is 0 Å². The standard InChI is InChI=1S/C21H30N6O/c1-15(13-27-11-4-16(2)24-27)21(28)26-10-7-19-18(14-26)12-22-20(23-19)17-5-8-25(3)9-6-17/h4,11-12,15,17H,5-10,13-14H2,1-3H3/t15-/m0/s1. The summed E-state index contributed by atoms with van der Waals surface area (Å²) in [6.07, 6.45) is 6.96. The Labute approximate surface area is 166 Å². The molecule has 4 rings (SSSR count). The number of hydrogen-bond donors (Lipinski definition) is 0. The maximum atomic E-state index is 12.9. The first-order valence-corrected chi connectivity index (χ1v) is 10.3. The van der Waals surface area contributed by atoms with Crippen molar-refractivity contribution in [3.63, 3.8) is 0 Å². The highest BCUT2D eigenvalue weighted by Crippen LogP contribution is 2.27. The van der Waals surface area contributed by atoms with Gasteiger partial charge in [0.05, 0.1) is 23.9 Å². The van der Waals surface area contributed by atoms with Gasteiger partial charge in [0.25, 0.3) is 0 Å². The van der Waals surface area contributed by atoms with Crippen LogP contribution < -0.4 is 0 Å². The minimum absolute atomic E-state index is 0.0970. The van der Waals surface area contributed by atoms with Crippen LogP contribution >= 0.6 is 0 Å². The molecule has 4 heterocycles. The molecular formula is C21H30N6O. The maximum absolute atomic E-state index is 12.9. The SMILES string of the molecule is Cc1ccn(C[C@H](C)C(=O)N2CCc3nc(C4CCN(C)CC4)ncc3C2)n1. The number of rotatable bonds is 4. The van der Waals surface area contributed by atoms with Gasteiger partial charge in [-0.05, 0) is 46.0 Å². The van der Waals surface area contributed by atoms with Gasteiger partial charge in [0.15, 0.2) is 0 Å². The van der Waals surface area contributed by atoms with Crippen molar-refractivity contribution in [2.75, 3.05) is 26.7 Å². The Morgan fingerprint density at radius 1 is 1.29 bits per heavy atom. The van der Waals surface area contributed by atoms with Crippen molar-refractivity contribution >= 4 is 5.91 Å². The number of carbonyl (C=O) groups excluding carboxylic acids is 1. The fraction of sp³-hybridized carbons (Fsp3) is 0.619. The van der Waals surface area contributed by atoms with E-state index in [0.29, 0.717) is 19.0 Å². The van der Waals surface area contributed by atoms with E-state index < -0.39 is 0 Å². The lowest BCUT2D eigenvalue weighted by Crippen LogP contribution is -2.40. The Morgan fingerprint density at radius 3 is 2.79 bits per heavy atom. The molecule has 2 aliphatic heterocycles. The van der Waals surface area contributed by atoms with Gasteiger partial charge in [0.2, 0.25) is 5.91 Å². The minimum Gasteiger partial charge on any atom is -0.338 e. The predicted molar refractivity (Wildman–Crippen MR) is 107 cm³/mol. The third kappa shape index (κ3) is 4.09. The monoisotopic (exact) mass is 382 g/mol. The Balaban J connectivity index is 1.39. The first-order valence-electron chi connectivity index (χ1n) is 10.3. The topological polar surface area (TPSA) is 67.2 Å². The van der Waals surface area contributed by atoms with E-state index in [1.54, 1.807) is 0 Å². The molecule has 2 aromatic rings. The number of likely N-dealkylation sites (tertiary alicyclic amines) is 1. The summed E-state index contributed by atoms with van der Waals surface area (Å²) in [5.41, 5.74) is 3.20. The first-order chi connectivity index (χ1) is 13.5. The Kier molecular flexibility index (Phi) is 5.44. The zero-order valence-corrected chi connectivity index (χ0v) is 17.1. The van der Waals surface area contributed by atoms with Crippen molar-refractivity contribution in [1.82, 2.24) is 29.5 Å². The summed E-state index contributed by atoms with van der Waals surface area (Å²) in [5, 5.41) is 4.40. The molecule has 0 aromatic carbocycles. The normalized spacial score (nSPS) is 19.5. The van der Waals surface area contributed by atoms with Crippen LogP contribution in [0.5, 0.6) is 0 Å². The summed E-state index contributed by atoms with van der Waals surface area (Å²) < 4.78 is 1.85. The minimum atomic E-state index is -0.0970. The molecule has 1 amide bonds. The van der Waals surface area contributed by atoms with E-state index in [0.717, 1.165) is 61.7 Å². The van der Waals surface area contributed by atoms with Gasteiger partial charge in [-0.1, -0.05) is 6.92 Å². The van der Waals surface area contributed by atoms with E-state index in [-0.39, 0.29) is 11.8 Å². The van der Waals surface area contributed by atoms with Crippen molar-refractivity contribution in [1.29, 1.82) is 0 Å². The number of amides is 1. The van der Waals surface area contributed by atoms with Gasteiger partial charge in [-0.2, -0.15) is 5.10 Å². The van der Waals surface area contributed by atoms with Crippen LogP contribution in [0.4, 0.5) is 0 Å². The fourth-order valence-electron chi connectivity index (χ4n) is 4.22. The van der Waals surface area contributed by atoms with Crippen LogP contribution in [0.25, 0.3) is 0 Å². The van der Waals surface area contributed by atoms with E-state index in [1.807, 2.05) is 41.9 Å². The highest BCUT2D eigenvalue weighted by Gasteiger charge is 2.27. The molecule has 0 aliphatic carbocycles. The number of aryl methyl sites for hydroxylation is 1. The molecule has 7 heteroatoms. The van der Waals surface area contributed by atoms with Gasteiger partial charge < -0.3 is 9.80 Å². The Morgan fingerprint density at radius 2 is 2.07 bits per heavy atom. The van der Waals surface area contributed by atoms with E-state index in [1.165, 1.54) is 0 Å². The molecule has 0 radical (unpaired) electrons. The van der Waals surface area contributed by atoms with Crippen LogP contribution in [-0.2, 0) is 24.3 Å². The second-order valence-corrected chi connectivity index (χ2v) is 8.37. The van der Waals surface area contributed by atoms with Crippen molar-refractivity contribution in [2.24, 2.45) is 5.92 Å². The molecule has 2 aromatic heterocycles. The van der Waals surface area contributed by atoms with Gasteiger partial charge in [-0.3, -0.25) is 9.48 Å². The molecule has 1 atom stereocenters. The summed E-state index contributed by atoms with van der Waals surface area (Å²) in [7, 11) is 2.17.